The number of aryl methyl sites for hydroxylation is 2. The lowest BCUT2D eigenvalue weighted by Gasteiger charge is -2.12. The van der Waals surface area contributed by atoms with Crippen LogP contribution >= 0.6 is 0 Å². The van der Waals surface area contributed by atoms with E-state index < -0.39 is 18.5 Å². The molecule has 0 aliphatic carbocycles. The molecule has 26 heavy (non-hydrogen) atoms. The van der Waals surface area contributed by atoms with Gasteiger partial charge in [-0.25, -0.2) is 10.1 Å². The molecule has 2 aromatic rings. The monoisotopic (exact) mass is 370 g/mol. The molecule has 140 valence electrons. The summed E-state index contributed by atoms with van der Waals surface area (Å²) in [5.41, 5.74) is 2.88. The second-order valence-electron chi connectivity index (χ2n) is 5.09. The Hall–Kier alpha value is -3.04. The number of hydrazone groups is 1. The summed E-state index contributed by atoms with van der Waals surface area (Å²) in [4.78, 5) is 12.1. The number of nitrogens with zero attached hydrogens (tertiary/aromatic N) is 3. The zero-order valence-electron chi connectivity index (χ0n) is 14.3. The predicted octanol–water partition coefficient (Wildman–Crippen LogP) is 2.63. The van der Waals surface area contributed by atoms with Gasteiger partial charge in [0.1, 0.15) is 0 Å². The first-order chi connectivity index (χ1) is 12.3. The molecule has 0 saturated heterocycles. The van der Waals surface area contributed by atoms with E-state index in [1.54, 1.807) is 13.8 Å². The molecule has 1 amide bonds. The van der Waals surface area contributed by atoms with Crippen molar-refractivity contribution in [2.24, 2.45) is 12.1 Å². The number of aromatic nitrogens is 2. The van der Waals surface area contributed by atoms with Gasteiger partial charge in [-0.2, -0.15) is 23.4 Å². The molecule has 0 saturated carbocycles. The minimum Gasteiger partial charge on any atom is -0.490 e. The maximum Gasteiger partial charge on any atom is 0.387 e. The quantitative estimate of drug-likeness (QED) is 0.600. The smallest absolute Gasteiger partial charge is 0.387 e. The van der Waals surface area contributed by atoms with Gasteiger partial charge in [-0.3, -0.25) is 4.79 Å². The molecule has 0 bridgehead atoms. The van der Waals surface area contributed by atoms with Crippen molar-refractivity contribution in [2.75, 3.05) is 6.61 Å². The van der Waals surface area contributed by atoms with Crippen LogP contribution in [-0.2, 0) is 7.05 Å². The molecule has 1 heterocycles. The third-order valence-electron chi connectivity index (χ3n) is 3.28. The minimum absolute atomic E-state index is 0.00132. The molecule has 1 N–H and O–H groups in total. The fraction of sp³-hybridized carbons (Fsp3) is 0.312. The summed E-state index contributed by atoms with van der Waals surface area (Å²) in [5, 5.41) is 7.57. The first-order valence-electron chi connectivity index (χ1n) is 7.57. The number of alkyl halides is 2. The summed E-state index contributed by atoms with van der Waals surface area (Å²) in [5.74, 6) is -1.41. The summed E-state index contributed by atoms with van der Waals surface area (Å²) in [6.45, 7) is 0.440. The van der Waals surface area contributed by atoms with Gasteiger partial charge in [-0.05, 0) is 32.0 Å². The van der Waals surface area contributed by atoms with Gasteiger partial charge in [0.05, 0.1) is 24.1 Å². The maximum absolute atomic E-state index is 13.8. The van der Waals surface area contributed by atoms with E-state index in [9.17, 15) is 18.0 Å². The van der Waals surface area contributed by atoms with Crippen LogP contribution in [0, 0.1) is 12.9 Å². The zero-order valence-corrected chi connectivity index (χ0v) is 14.3. The Kier molecular flexibility index (Phi) is 6.21. The maximum atomic E-state index is 13.8. The molecule has 1 aromatic heterocycles. The van der Waals surface area contributed by atoms with Crippen LogP contribution in [0.3, 0.4) is 0 Å². The zero-order chi connectivity index (χ0) is 19.3. The van der Waals surface area contributed by atoms with Crippen molar-refractivity contribution in [3.05, 3.63) is 41.0 Å². The van der Waals surface area contributed by atoms with E-state index in [0.29, 0.717) is 5.69 Å². The molecule has 1 aromatic carbocycles. The van der Waals surface area contributed by atoms with Gasteiger partial charge in [0, 0.05) is 12.6 Å². The lowest BCUT2D eigenvalue weighted by molar-refractivity contribution is -0.0514. The first kappa shape index (κ1) is 19.3. The number of ether oxygens (including phenoxy) is 2. The van der Waals surface area contributed by atoms with Crippen LogP contribution < -0.4 is 14.9 Å². The summed E-state index contributed by atoms with van der Waals surface area (Å²) < 4.78 is 49.1. The predicted molar refractivity (Wildman–Crippen MR) is 87.2 cm³/mol. The number of nitrogens with one attached hydrogen (secondary N) is 1. The van der Waals surface area contributed by atoms with Crippen molar-refractivity contribution in [3.63, 3.8) is 0 Å². The molecular weight excluding hydrogens is 353 g/mol. The van der Waals surface area contributed by atoms with Crippen LogP contribution in [0.25, 0.3) is 0 Å². The van der Waals surface area contributed by atoms with E-state index in [1.165, 1.54) is 25.2 Å². The van der Waals surface area contributed by atoms with Gasteiger partial charge in [-0.15, -0.1) is 0 Å². The van der Waals surface area contributed by atoms with Crippen LogP contribution in [0.4, 0.5) is 13.2 Å². The van der Waals surface area contributed by atoms with E-state index in [4.69, 9.17) is 4.74 Å². The Bertz CT molecular complexity index is 821. The third kappa shape index (κ3) is 4.52. The minimum atomic E-state index is -3.02. The highest BCUT2D eigenvalue weighted by Crippen LogP contribution is 2.29. The molecule has 7 nitrogen and oxygen atoms in total. The van der Waals surface area contributed by atoms with Crippen molar-refractivity contribution >= 4 is 12.1 Å². The van der Waals surface area contributed by atoms with Crippen LogP contribution in [0.5, 0.6) is 11.5 Å². The molecule has 0 fully saturated rings. The molecule has 0 spiro atoms. The molecule has 0 aliphatic heterocycles. The third-order valence-corrected chi connectivity index (χ3v) is 3.28. The van der Waals surface area contributed by atoms with E-state index in [0.717, 1.165) is 10.9 Å². The van der Waals surface area contributed by atoms with Crippen LogP contribution in [0.15, 0.2) is 23.3 Å². The number of benzene rings is 1. The Labute approximate surface area is 147 Å². The van der Waals surface area contributed by atoms with Crippen LogP contribution in [-0.4, -0.2) is 35.1 Å². The highest BCUT2D eigenvalue weighted by Gasteiger charge is 2.15. The molecule has 0 atom stereocenters. The number of rotatable bonds is 7. The lowest BCUT2D eigenvalue weighted by Crippen LogP contribution is -2.18. The lowest BCUT2D eigenvalue weighted by atomic mass is 10.2. The molecule has 0 aliphatic rings. The second kappa shape index (κ2) is 8.37. The summed E-state index contributed by atoms with van der Waals surface area (Å²) in [6.07, 6.45) is 1.13. The largest absolute Gasteiger partial charge is 0.490 e. The van der Waals surface area contributed by atoms with Gasteiger partial charge in [0.15, 0.2) is 11.5 Å². The Balaban J connectivity index is 2.13. The van der Waals surface area contributed by atoms with Crippen molar-refractivity contribution in [1.82, 2.24) is 15.2 Å². The van der Waals surface area contributed by atoms with Crippen molar-refractivity contribution in [1.29, 1.82) is 0 Å². The summed E-state index contributed by atoms with van der Waals surface area (Å²) in [6, 6.07) is 3.73. The number of amides is 1. The number of hydrogen-bond acceptors (Lipinski definition) is 5. The second-order valence-corrected chi connectivity index (χ2v) is 5.09. The van der Waals surface area contributed by atoms with Crippen molar-refractivity contribution < 1.29 is 27.4 Å². The first-order valence-corrected chi connectivity index (χ1v) is 7.57. The van der Waals surface area contributed by atoms with Crippen LogP contribution in [0.1, 0.15) is 28.5 Å². The van der Waals surface area contributed by atoms with Gasteiger partial charge < -0.3 is 9.47 Å². The van der Waals surface area contributed by atoms with Crippen molar-refractivity contribution in [3.8, 4) is 11.5 Å². The average molecular weight is 370 g/mol. The Morgan fingerprint density at radius 1 is 1.42 bits per heavy atom. The van der Waals surface area contributed by atoms with Crippen LogP contribution in [0.2, 0.25) is 0 Å². The van der Waals surface area contributed by atoms with Gasteiger partial charge in [0.2, 0.25) is 5.95 Å². The fourth-order valence-electron chi connectivity index (χ4n) is 2.12. The molecule has 2 rings (SSSR count). The Morgan fingerprint density at radius 3 is 2.73 bits per heavy atom. The van der Waals surface area contributed by atoms with Crippen molar-refractivity contribution in [2.45, 2.75) is 20.5 Å². The number of carbonyl (C=O) groups excluding carboxylic acids is 1. The van der Waals surface area contributed by atoms with E-state index in [2.05, 4.69) is 20.4 Å². The number of hydrogen-bond donors (Lipinski definition) is 1. The van der Waals surface area contributed by atoms with E-state index in [1.807, 2.05) is 0 Å². The SMILES string of the molecule is CCOc1cc(C(=O)N/N=C/c2c(C)nn(C)c2F)ccc1OC(F)F. The highest BCUT2D eigenvalue weighted by molar-refractivity contribution is 5.95. The van der Waals surface area contributed by atoms with Gasteiger partial charge in [-0.1, -0.05) is 0 Å². The summed E-state index contributed by atoms with van der Waals surface area (Å²) >= 11 is 0. The van der Waals surface area contributed by atoms with E-state index in [-0.39, 0.29) is 29.2 Å². The highest BCUT2D eigenvalue weighted by atomic mass is 19.3. The standard InChI is InChI=1S/C16H17F3N4O3/c1-4-25-13-7-10(5-6-12(13)26-16(18)19)15(24)21-20-8-11-9(2)22-23(3)14(11)17/h5-8,16H,4H2,1-3H3,(H,21,24)/b20-8+. The molecule has 10 heteroatoms. The molecular formula is C16H17F3N4O3. The number of carbonyl (C=O) groups is 1. The van der Waals surface area contributed by atoms with E-state index >= 15 is 0 Å². The number of halogens is 3. The average Bonchev–Trinajstić information content (AvgIpc) is 2.82. The normalized spacial score (nSPS) is 11.2. The fourth-order valence-corrected chi connectivity index (χ4v) is 2.12. The Morgan fingerprint density at radius 2 is 2.15 bits per heavy atom. The molecule has 0 unspecified atom stereocenters. The van der Waals surface area contributed by atoms with Gasteiger partial charge in [0.25, 0.3) is 5.91 Å². The topological polar surface area (TPSA) is 77.7 Å². The summed E-state index contributed by atoms with van der Waals surface area (Å²) in [7, 11) is 1.44. The van der Waals surface area contributed by atoms with Gasteiger partial charge >= 0.3 is 6.61 Å². The molecule has 0 radical (unpaired) electrons.